The van der Waals surface area contributed by atoms with Crippen LogP contribution in [0.25, 0.3) is 0 Å². The number of hydrogen-bond donors (Lipinski definition) is 1. The van der Waals surface area contributed by atoms with Gasteiger partial charge in [0.15, 0.2) is 0 Å². The molecule has 0 heterocycles. The summed E-state index contributed by atoms with van der Waals surface area (Å²) in [4.78, 5) is 11.5. The molecule has 1 fully saturated rings. The van der Waals surface area contributed by atoms with Crippen molar-refractivity contribution >= 4 is 37.2 Å². The van der Waals surface area contributed by atoms with E-state index < -0.39 is 30.7 Å². The van der Waals surface area contributed by atoms with E-state index >= 15 is 0 Å². The predicted octanol–water partition coefficient (Wildman–Crippen LogP) is 3.33. The fourth-order valence-electron chi connectivity index (χ4n) is 2.14. The van der Waals surface area contributed by atoms with E-state index in [0.717, 1.165) is 25.3 Å². The zero-order valence-corrected chi connectivity index (χ0v) is 13.4. The number of benzene rings is 1. The zero-order chi connectivity index (χ0) is 15.6. The average molecular weight is 354 g/mol. The Morgan fingerprint density at radius 3 is 2.57 bits per heavy atom. The first-order chi connectivity index (χ1) is 9.79. The Morgan fingerprint density at radius 2 is 2.05 bits per heavy atom. The van der Waals surface area contributed by atoms with E-state index in [0.29, 0.717) is 18.5 Å². The third kappa shape index (κ3) is 4.08. The van der Waals surface area contributed by atoms with Gasteiger partial charge in [0.1, 0.15) is 5.82 Å². The molecule has 0 atom stereocenters. The lowest BCUT2D eigenvalue weighted by Gasteiger charge is -2.25. The lowest BCUT2D eigenvalue weighted by Crippen LogP contribution is -2.28. The molecule has 1 aromatic carbocycles. The van der Waals surface area contributed by atoms with Crippen molar-refractivity contribution in [2.24, 2.45) is 5.92 Å². The zero-order valence-electron chi connectivity index (χ0n) is 11.0. The molecule has 0 aromatic heterocycles. The Bertz CT molecular complexity index is 660. The van der Waals surface area contributed by atoms with Crippen LogP contribution >= 0.6 is 22.3 Å². The highest BCUT2D eigenvalue weighted by atomic mass is 35.7. The number of rotatable bonds is 5. The molecule has 8 heteroatoms. The minimum absolute atomic E-state index is 0.232. The van der Waals surface area contributed by atoms with Crippen molar-refractivity contribution in [3.63, 3.8) is 0 Å². The summed E-state index contributed by atoms with van der Waals surface area (Å²) in [6, 6.07) is 1.67. The van der Waals surface area contributed by atoms with Crippen LogP contribution < -0.4 is 5.32 Å². The first-order valence-corrected chi connectivity index (χ1v) is 9.19. The molecule has 4 nitrogen and oxygen atoms in total. The molecule has 1 aliphatic rings. The van der Waals surface area contributed by atoms with Crippen LogP contribution in [0.5, 0.6) is 0 Å². The molecule has 0 saturated heterocycles. The van der Waals surface area contributed by atoms with Gasteiger partial charge in [-0.05, 0) is 24.5 Å². The molecular formula is C13H14Cl2FNO3S. The van der Waals surface area contributed by atoms with E-state index in [9.17, 15) is 17.6 Å². The second-order valence-electron chi connectivity index (χ2n) is 5.05. The Kier molecular flexibility index (Phi) is 5.11. The quantitative estimate of drug-likeness (QED) is 0.825. The summed E-state index contributed by atoms with van der Waals surface area (Å²) >= 11 is 5.72. The second kappa shape index (κ2) is 6.50. The monoisotopic (exact) mass is 353 g/mol. The van der Waals surface area contributed by atoms with Crippen molar-refractivity contribution < 1.29 is 17.6 Å². The fraction of sp³-hybridized carbons (Fsp3) is 0.462. The van der Waals surface area contributed by atoms with Crippen molar-refractivity contribution in [1.82, 2.24) is 5.32 Å². The van der Waals surface area contributed by atoms with Gasteiger partial charge in [-0.3, -0.25) is 4.79 Å². The van der Waals surface area contributed by atoms with Crippen LogP contribution in [-0.4, -0.2) is 20.9 Å². The number of halogens is 3. The summed E-state index contributed by atoms with van der Waals surface area (Å²) < 4.78 is 36.1. The fourth-order valence-corrected chi connectivity index (χ4v) is 3.10. The molecule has 0 aliphatic heterocycles. The highest BCUT2D eigenvalue weighted by Gasteiger charge is 2.21. The van der Waals surface area contributed by atoms with Crippen molar-refractivity contribution in [2.45, 2.75) is 30.6 Å². The maximum Gasteiger partial charge on any atom is 0.261 e. The van der Waals surface area contributed by atoms with Gasteiger partial charge in [-0.2, -0.15) is 0 Å². The van der Waals surface area contributed by atoms with Crippen molar-refractivity contribution in [3.05, 3.63) is 28.5 Å². The van der Waals surface area contributed by atoms with Gasteiger partial charge in [0, 0.05) is 17.2 Å². The van der Waals surface area contributed by atoms with Gasteiger partial charge in [-0.25, -0.2) is 12.8 Å². The smallest absolute Gasteiger partial charge is 0.261 e. The number of carbonyl (C=O) groups is 1. The largest absolute Gasteiger partial charge is 0.352 e. The summed E-state index contributed by atoms with van der Waals surface area (Å²) in [5.74, 6) is -0.991. The number of amides is 1. The van der Waals surface area contributed by atoms with E-state index in [-0.39, 0.29) is 5.56 Å². The molecule has 0 bridgehead atoms. The van der Waals surface area contributed by atoms with Gasteiger partial charge in [0.2, 0.25) is 0 Å². The van der Waals surface area contributed by atoms with Gasteiger partial charge in [0.25, 0.3) is 15.0 Å². The van der Waals surface area contributed by atoms with Crippen LogP contribution in [0.3, 0.4) is 0 Å². The summed E-state index contributed by atoms with van der Waals surface area (Å²) in [5.41, 5.74) is -0.232. The second-order valence-corrected chi connectivity index (χ2v) is 7.99. The first-order valence-electron chi connectivity index (χ1n) is 6.51. The van der Waals surface area contributed by atoms with E-state index in [1.54, 1.807) is 0 Å². The number of nitrogens with one attached hydrogen (secondary N) is 1. The predicted molar refractivity (Wildman–Crippen MR) is 78.7 cm³/mol. The third-order valence-corrected chi connectivity index (χ3v) is 5.31. The van der Waals surface area contributed by atoms with Crippen LogP contribution in [0, 0.1) is 11.7 Å². The van der Waals surface area contributed by atoms with E-state index in [1.165, 1.54) is 6.42 Å². The number of hydrogen-bond acceptors (Lipinski definition) is 3. The molecule has 1 aliphatic carbocycles. The minimum atomic E-state index is -4.13. The molecular weight excluding hydrogens is 340 g/mol. The molecule has 1 aromatic rings. The Morgan fingerprint density at radius 1 is 1.38 bits per heavy atom. The van der Waals surface area contributed by atoms with E-state index in [4.69, 9.17) is 22.3 Å². The third-order valence-electron chi connectivity index (χ3n) is 3.59. The van der Waals surface area contributed by atoms with E-state index in [2.05, 4.69) is 5.32 Å². The Labute approximate surface area is 132 Å². The summed E-state index contributed by atoms with van der Waals surface area (Å²) in [6.07, 6.45) is 4.38. The Balaban J connectivity index is 2.13. The topological polar surface area (TPSA) is 63.2 Å². The molecule has 1 N–H and O–H groups in total. The molecule has 0 unspecified atom stereocenters. The molecule has 21 heavy (non-hydrogen) atoms. The van der Waals surface area contributed by atoms with Gasteiger partial charge in [-0.1, -0.05) is 30.9 Å². The van der Waals surface area contributed by atoms with Crippen LogP contribution in [0.15, 0.2) is 17.0 Å². The Hall–Kier alpha value is -0.850. The van der Waals surface area contributed by atoms with Crippen LogP contribution in [-0.2, 0) is 9.05 Å². The molecule has 116 valence electrons. The maximum absolute atomic E-state index is 13.6. The summed E-state index contributed by atoms with van der Waals surface area (Å²) in [6.45, 7) is 0.444. The minimum Gasteiger partial charge on any atom is -0.352 e. The molecule has 0 radical (unpaired) electrons. The lowest BCUT2D eigenvalue weighted by atomic mass is 9.83. The highest BCUT2D eigenvalue weighted by Crippen LogP contribution is 2.29. The highest BCUT2D eigenvalue weighted by molar-refractivity contribution is 8.13. The summed E-state index contributed by atoms with van der Waals surface area (Å²) in [7, 11) is 1.03. The first kappa shape index (κ1) is 16.5. The standard InChI is InChI=1S/C13H14Cl2FNO3S/c14-12-10(6-9(7-11(12)16)21(15,19)20)13(18)17-5-4-8-2-1-3-8/h6-8H,1-5H2,(H,17,18). The SMILES string of the molecule is O=C(NCCC1CCC1)c1cc(S(=O)(=O)Cl)cc(F)c1Cl. The molecule has 2 rings (SSSR count). The number of carbonyl (C=O) groups excluding carboxylic acids is 1. The lowest BCUT2D eigenvalue weighted by molar-refractivity contribution is 0.0948. The van der Waals surface area contributed by atoms with Crippen molar-refractivity contribution in [1.29, 1.82) is 0 Å². The van der Waals surface area contributed by atoms with Gasteiger partial charge in [0.05, 0.1) is 15.5 Å². The van der Waals surface area contributed by atoms with Gasteiger partial charge in [-0.15, -0.1) is 0 Å². The maximum atomic E-state index is 13.6. The normalized spacial score (nSPS) is 15.6. The van der Waals surface area contributed by atoms with Crippen molar-refractivity contribution in [3.8, 4) is 0 Å². The molecule has 0 spiro atoms. The molecule has 1 amide bonds. The van der Waals surface area contributed by atoms with E-state index in [1.807, 2.05) is 0 Å². The van der Waals surface area contributed by atoms with Gasteiger partial charge >= 0.3 is 0 Å². The molecule has 1 saturated carbocycles. The van der Waals surface area contributed by atoms with Crippen LogP contribution in [0.1, 0.15) is 36.0 Å². The van der Waals surface area contributed by atoms with Gasteiger partial charge < -0.3 is 5.32 Å². The average Bonchev–Trinajstić information content (AvgIpc) is 2.33. The van der Waals surface area contributed by atoms with Crippen LogP contribution in [0.4, 0.5) is 4.39 Å². The van der Waals surface area contributed by atoms with Crippen LogP contribution in [0.2, 0.25) is 5.02 Å². The van der Waals surface area contributed by atoms with Crippen molar-refractivity contribution in [2.75, 3.05) is 6.54 Å². The summed E-state index contributed by atoms with van der Waals surface area (Å²) in [5, 5.41) is 2.20.